The SMILES string of the molecule is CC(C)CC[C@H](O)[C@H](N)c1cc(Cl)ccc1F.Cl. The first kappa shape index (κ1) is 17.6. The van der Waals surface area contributed by atoms with Crippen molar-refractivity contribution >= 4 is 24.0 Å². The zero-order valence-electron chi connectivity index (χ0n) is 10.6. The van der Waals surface area contributed by atoms with Crippen LogP contribution in [0, 0.1) is 11.7 Å². The first-order valence-electron chi connectivity index (χ1n) is 5.80. The van der Waals surface area contributed by atoms with Gasteiger partial charge in [0.15, 0.2) is 0 Å². The van der Waals surface area contributed by atoms with Crippen LogP contribution in [-0.4, -0.2) is 11.2 Å². The van der Waals surface area contributed by atoms with Crippen molar-refractivity contribution < 1.29 is 9.50 Å². The van der Waals surface area contributed by atoms with E-state index in [1.807, 2.05) is 0 Å². The third kappa shape index (κ3) is 5.11. The summed E-state index contributed by atoms with van der Waals surface area (Å²) in [6, 6.07) is 3.48. The lowest BCUT2D eigenvalue weighted by Gasteiger charge is -2.20. The Balaban J connectivity index is 0.00000289. The van der Waals surface area contributed by atoms with E-state index in [1.165, 1.54) is 18.2 Å². The third-order valence-corrected chi connectivity index (χ3v) is 3.01. The van der Waals surface area contributed by atoms with Gasteiger partial charge in [-0.3, -0.25) is 0 Å². The van der Waals surface area contributed by atoms with E-state index in [9.17, 15) is 9.50 Å². The lowest BCUT2D eigenvalue weighted by atomic mass is 9.96. The van der Waals surface area contributed by atoms with Crippen molar-refractivity contribution in [3.63, 3.8) is 0 Å². The molecule has 5 heteroatoms. The van der Waals surface area contributed by atoms with Crippen molar-refractivity contribution in [1.82, 2.24) is 0 Å². The highest BCUT2D eigenvalue weighted by Crippen LogP contribution is 2.24. The summed E-state index contributed by atoms with van der Waals surface area (Å²) in [7, 11) is 0. The molecule has 2 nitrogen and oxygen atoms in total. The van der Waals surface area contributed by atoms with Crippen molar-refractivity contribution in [1.29, 1.82) is 0 Å². The van der Waals surface area contributed by atoms with Crippen LogP contribution >= 0.6 is 24.0 Å². The first-order chi connectivity index (χ1) is 7.91. The zero-order chi connectivity index (χ0) is 13.0. The predicted octanol–water partition coefficient (Wildman–Crippen LogP) is 3.70. The molecule has 0 spiro atoms. The molecule has 0 aromatic heterocycles. The lowest BCUT2D eigenvalue weighted by Crippen LogP contribution is -2.27. The Bertz CT molecular complexity index is 374. The van der Waals surface area contributed by atoms with Crippen LogP contribution < -0.4 is 5.73 Å². The molecule has 0 heterocycles. The van der Waals surface area contributed by atoms with E-state index in [0.29, 0.717) is 17.4 Å². The number of aliphatic hydroxyl groups excluding tert-OH is 1. The summed E-state index contributed by atoms with van der Waals surface area (Å²) in [4.78, 5) is 0. The van der Waals surface area contributed by atoms with E-state index in [0.717, 1.165) is 6.42 Å². The van der Waals surface area contributed by atoms with Gasteiger partial charge in [-0.25, -0.2) is 4.39 Å². The molecule has 0 fully saturated rings. The average molecular weight is 296 g/mol. The van der Waals surface area contributed by atoms with Crippen molar-refractivity contribution in [2.45, 2.75) is 38.8 Å². The molecule has 0 aliphatic rings. The number of nitrogens with two attached hydrogens (primary N) is 1. The molecular weight excluding hydrogens is 276 g/mol. The van der Waals surface area contributed by atoms with Crippen LogP contribution in [0.25, 0.3) is 0 Å². The molecule has 0 saturated carbocycles. The Morgan fingerprint density at radius 2 is 1.94 bits per heavy atom. The van der Waals surface area contributed by atoms with Gasteiger partial charge < -0.3 is 10.8 Å². The summed E-state index contributed by atoms with van der Waals surface area (Å²) >= 11 is 5.79. The maximum absolute atomic E-state index is 13.5. The largest absolute Gasteiger partial charge is 0.391 e. The van der Waals surface area contributed by atoms with E-state index >= 15 is 0 Å². The molecule has 0 aliphatic carbocycles. The summed E-state index contributed by atoms with van der Waals surface area (Å²) in [6.45, 7) is 4.14. The smallest absolute Gasteiger partial charge is 0.128 e. The second-order valence-corrected chi connectivity index (χ2v) is 5.17. The van der Waals surface area contributed by atoms with Gasteiger partial charge in [0.2, 0.25) is 0 Å². The number of benzene rings is 1. The summed E-state index contributed by atoms with van der Waals surface area (Å²) in [5, 5.41) is 10.3. The van der Waals surface area contributed by atoms with E-state index < -0.39 is 18.0 Å². The quantitative estimate of drug-likeness (QED) is 0.870. The Hall–Kier alpha value is -0.350. The van der Waals surface area contributed by atoms with E-state index in [2.05, 4.69) is 13.8 Å². The maximum Gasteiger partial charge on any atom is 0.128 e. The summed E-state index contributed by atoms with van der Waals surface area (Å²) in [6.07, 6.45) is 0.673. The monoisotopic (exact) mass is 295 g/mol. The highest BCUT2D eigenvalue weighted by Gasteiger charge is 2.20. The van der Waals surface area contributed by atoms with Crippen molar-refractivity contribution in [2.75, 3.05) is 0 Å². The number of hydrogen-bond acceptors (Lipinski definition) is 2. The Morgan fingerprint density at radius 3 is 2.50 bits per heavy atom. The van der Waals surface area contributed by atoms with Gasteiger partial charge in [0.05, 0.1) is 12.1 Å². The molecule has 1 rings (SSSR count). The average Bonchev–Trinajstić information content (AvgIpc) is 2.28. The Labute approximate surface area is 119 Å². The van der Waals surface area contributed by atoms with E-state index in [-0.39, 0.29) is 18.0 Å². The molecule has 1 aromatic rings. The van der Waals surface area contributed by atoms with Gasteiger partial charge in [0, 0.05) is 10.6 Å². The second kappa shape index (κ2) is 7.95. The molecule has 0 unspecified atom stereocenters. The molecule has 0 amide bonds. The normalized spacial score (nSPS) is 14.2. The van der Waals surface area contributed by atoms with Gasteiger partial charge in [0.1, 0.15) is 5.82 Å². The molecule has 0 radical (unpaired) electrons. The van der Waals surface area contributed by atoms with Gasteiger partial charge in [-0.1, -0.05) is 25.4 Å². The Morgan fingerprint density at radius 1 is 1.33 bits per heavy atom. The fraction of sp³-hybridized carbons (Fsp3) is 0.538. The standard InChI is InChI=1S/C13H19ClFNO.ClH/c1-8(2)3-6-12(17)13(16)10-7-9(14)4-5-11(10)15;/h4-5,7-8,12-13,17H,3,6,16H2,1-2H3;1H/t12-,13+;/m0./s1. The molecule has 0 aliphatic heterocycles. The van der Waals surface area contributed by atoms with Crippen molar-refractivity contribution in [2.24, 2.45) is 11.7 Å². The van der Waals surface area contributed by atoms with Crippen LogP contribution in [0.15, 0.2) is 18.2 Å². The van der Waals surface area contributed by atoms with Gasteiger partial charge in [-0.05, 0) is 37.0 Å². The van der Waals surface area contributed by atoms with Crippen LogP contribution in [-0.2, 0) is 0 Å². The molecule has 2 atom stereocenters. The molecule has 18 heavy (non-hydrogen) atoms. The molecule has 0 saturated heterocycles. The van der Waals surface area contributed by atoms with Crippen LogP contribution in [0.4, 0.5) is 4.39 Å². The van der Waals surface area contributed by atoms with Crippen molar-refractivity contribution in [3.8, 4) is 0 Å². The number of halogens is 3. The molecule has 104 valence electrons. The minimum Gasteiger partial charge on any atom is -0.391 e. The number of hydrogen-bond donors (Lipinski definition) is 2. The highest BCUT2D eigenvalue weighted by molar-refractivity contribution is 6.30. The number of aliphatic hydroxyl groups is 1. The molecular formula is C13H20Cl2FNO. The molecule has 3 N–H and O–H groups in total. The minimum atomic E-state index is -0.745. The number of rotatable bonds is 5. The summed E-state index contributed by atoms with van der Waals surface area (Å²) in [5.41, 5.74) is 6.12. The predicted molar refractivity (Wildman–Crippen MR) is 75.7 cm³/mol. The maximum atomic E-state index is 13.5. The van der Waals surface area contributed by atoms with Crippen LogP contribution in [0.2, 0.25) is 5.02 Å². The minimum absolute atomic E-state index is 0. The van der Waals surface area contributed by atoms with Crippen LogP contribution in [0.3, 0.4) is 0 Å². The fourth-order valence-electron chi connectivity index (χ4n) is 1.66. The van der Waals surface area contributed by atoms with Crippen LogP contribution in [0.1, 0.15) is 38.3 Å². The molecule has 0 bridgehead atoms. The summed E-state index contributed by atoms with van der Waals surface area (Å²) in [5.74, 6) is 0.0616. The van der Waals surface area contributed by atoms with Gasteiger partial charge >= 0.3 is 0 Å². The third-order valence-electron chi connectivity index (χ3n) is 2.77. The zero-order valence-corrected chi connectivity index (χ0v) is 12.1. The van der Waals surface area contributed by atoms with Gasteiger partial charge in [0.25, 0.3) is 0 Å². The van der Waals surface area contributed by atoms with Crippen LogP contribution in [0.5, 0.6) is 0 Å². The van der Waals surface area contributed by atoms with Gasteiger partial charge in [-0.15, -0.1) is 12.4 Å². The lowest BCUT2D eigenvalue weighted by molar-refractivity contribution is 0.127. The summed E-state index contributed by atoms with van der Waals surface area (Å²) < 4.78 is 13.5. The van der Waals surface area contributed by atoms with E-state index in [1.54, 1.807) is 0 Å². The van der Waals surface area contributed by atoms with Crippen molar-refractivity contribution in [3.05, 3.63) is 34.6 Å². The Kier molecular flexibility index (Phi) is 7.79. The topological polar surface area (TPSA) is 46.2 Å². The fourth-order valence-corrected chi connectivity index (χ4v) is 1.84. The second-order valence-electron chi connectivity index (χ2n) is 4.73. The highest BCUT2D eigenvalue weighted by atomic mass is 35.5. The first-order valence-corrected chi connectivity index (χ1v) is 6.18. The van der Waals surface area contributed by atoms with Gasteiger partial charge in [-0.2, -0.15) is 0 Å². The molecule has 1 aromatic carbocycles. The van der Waals surface area contributed by atoms with E-state index in [4.69, 9.17) is 17.3 Å².